The van der Waals surface area contributed by atoms with Gasteiger partial charge < -0.3 is 19.9 Å². The molecule has 1 aromatic rings. The first-order chi connectivity index (χ1) is 9.11. The number of hydrogen-bond donors (Lipinski definition) is 2. The summed E-state index contributed by atoms with van der Waals surface area (Å²) in [6.07, 6.45) is 2.19. The summed E-state index contributed by atoms with van der Waals surface area (Å²) in [6, 6.07) is 0. The maximum Gasteiger partial charge on any atom is 0.246 e. The minimum absolute atomic E-state index is 0.0985. The van der Waals surface area contributed by atoms with Crippen LogP contribution in [0.2, 0.25) is 0 Å². The van der Waals surface area contributed by atoms with Crippen LogP contribution in [0.5, 0.6) is 0 Å². The van der Waals surface area contributed by atoms with E-state index in [0.717, 1.165) is 26.0 Å². The maximum atomic E-state index is 5.72. The van der Waals surface area contributed by atoms with Crippen LogP contribution in [-0.4, -0.2) is 41.9 Å². The zero-order chi connectivity index (χ0) is 13.7. The minimum Gasteiger partial charge on any atom is -0.373 e. The second-order valence-electron chi connectivity index (χ2n) is 4.92. The van der Waals surface area contributed by atoms with Crippen LogP contribution >= 0.6 is 0 Å². The molecule has 1 aromatic heterocycles. The molecular weight excluding hydrogens is 246 g/mol. The van der Waals surface area contributed by atoms with Gasteiger partial charge in [-0.15, -0.1) is 0 Å². The molecule has 0 spiro atoms. The Bertz CT molecular complexity index is 437. The van der Waals surface area contributed by atoms with Crippen LogP contribution in [-0.2, 0) is 11.3 Å². The SMILES string of the molecule is CN=C(NCc1nc(C)no1)NCC1(C)CCCO1. The number of ether oxygens (including phenoxy) is 1. The number of rotatable bonds is 4. The van der Waals surface area contributed by atoms with E-state index >= 15 is 0 Å². The lowest BCUT2D eigenvalue weighted by Gasteiger charge is -2.24. The van der Waals surface area contributed by atoms with E-state index in [1.807, 2.05) is 0 Å². The molecule has 1 atom stereocenters. The lowest BCUT2D eigenvalue weighted by molar-refractivity contribution is 0.0242. The molecule has 0 aromatic carbocycles. The summed E-state index contributed by atoms with van der Waals surface area (Å²) in [5.74, 6) is 1.88. The first-order valence-electron chi connectivity index (χ1n) is 6.49. The lowest BCUT2D eigenvalue weighted by atomic mass is 10.0. The maximum absolute atomic E-state index is 5.72. The van der Waals surface area contributed by atoms with Crippen LogP contribution in [0.15, 0.2) is 9.52 Å². The molecule has 0 radical (unpaired) electrons. The summed E-state index contributed by atoms with van der Waals surface area (Å²) in [4.78, 5) is 8.27. The molecule has 1 saturated heterocycles. The molecule has 2 rings (SSSR count). The molecule has 1 fully saturated rings. The number of hydrogen-bond acceptors (Lipinski definition) is 5. The normalized spacial score (nSPS) is 23.6. The highest BCUT2D eigenvalue weighted by Crippen LogP contribution is 2.23. The Labute approximate surface area is 112 Å². The Kier molecular flexibility index (Phi) is 4.36. The summed E-state index contributed by atoms with van der Waals surface area (Å²) in [6.45, 7) is 5.93. The second kappa shape index (κ2) is 6.01. The number of nitrogens with one attached hydrogen (secondary N) is 2. The van der Waals surface area contributed by atoms with Crippen LogP contribution in [0.25, 0.3) is 0 Å². The van der Waals surface area contributed by atoms with Crippen LogP contribution in [0.4, 0.5) is 0 Å². The third kappa shape index (κ3) is 3.92. The van der Waals surface area contributed by atoms with Crippen molar-refractivity contribution in [1.82, 2.24) is 20.8 Å². The highest BCUT2D eigenvalue weighted by molar-refractivity contribution is 5.79. The van der Waals surface area contributed by atoms with E-state index in [-0.39, 0.29) is 5.60 Å². The number of aliphatic imine (C=N–C) groups is 1. The van der Waals surface area contributed by atoms with E-state index in [9.17, 15) is 0 Å². The molecule has 2 N–H and O–H groups in total. The number of aryl methyl sites for hydroxylation is 1. The predicted molar refractivity (Wildman–Crippen MR) is 70.8 cm³/mol. The van der Waals surface area contributed by atoms with E-state index in [1.165, 1.54) is 0 Å². The molecule has 106 valence electrons. The molecule has 7 nitrogen and oxygen atoms in total. The summed E-state index contributed by atoms with van der Waals surface area (Å²) in [5.41, 5.74) is -0.0985. The molecule has 0 bridgehead atoms. The van der Waals surface area contributed by atoms with Crippen molar-refractivity contribution >= 4 is 5.96 Å². The fraction of sp³-hybridized carbons (Fsp3) is 0.750. The van der Waals surface area contributed by atoms with Crippen molar-refractivity contribution in [1.29, 1.82) is 0 Å². The number of aromatic nitrogens is 2. The average Bonchev–Trinajstić information content (AvgIpc) is 2.99. The molecular formula is C12H21N5O2. The van der Waals surface area contributed by atoms with Crippen LogP contribution < -0.4 is 10.6 Å². The van der Waals surface area contributed by atoms with Crippen LogP contribution in [0.1, 0.15) is 31.5 Å². The molecule has 1 aliphatic heterocycles. The summed E-state index contributed by atoms with van der Waals surface area (Å²) >= 11 is 0. The van der Waals surface area contributed by atoms with Gasteiger partial charge in [-0.3, -0.25) is 4.99 Å². The van der Waals surface area contributed by atoms with Gasteiger partial charge in [0.15, 0.2) is 11.8 Å². The molecule has 19 heavy (non-hydrogen) atoms. The van der Waals surface area contributed by atoms with Crippen molar-refractivity contribution in [3.63, 3.8) is 0 Å². The molecule has 2 heterocycles. The fourth-order valence-corrected chi connectivity index (χ4v) is 2.04. The Hall–Kier alpha value is -1.63. The van der Waals surface area contributed by atoms with Gasteiger partial charge in [-0.2, -0.15) is 4.98 Å². The second-order valence-corrected chi connectivity index (χ2v) is 4.92. The van der Waals surface area contributed by atoms with Crippen molar-refractivity contribution in [2.75, 3.05) is 20.2 Å². The van der Waals surface area contributed by atoms with Crippen LogP contribution in [0.3, 0.4) is 0 Å². The molecule has 1 aliphatic rings. The van der Waals surface area contributed by atoms with Gasteiger partial charge in [0.05, 0.1) is 12.1 Å². The molecule has 0 saturated carbocycles. The van der Waals surface area contributed by atoms with E-state index in [4.69, 9.17) is 9.26 Å². The van der Waals surface area contributed by atoms with E-state index < -0.39 is 0 Å². The van der Waals surface area contributed by atoms with Gasteiger partial charge in [0.2, 0.25) is 5.89 Å². The summed E-state index contributed by atoms with van der Waals surface area (Å²) in [7, 11) is 1.73. The van der Waals surface area contributed by atoms with Gasteiger partial charge in [0, 0.05) is 20.2 Å². The summed E-state index contributed by atoms with van der Waals surface area (Å²) < 4.78 is 10.7. The fourth-order valence-electron chi connectivity index (χ4n) is 2.04. The van der Waals surface area contributed by atoms with Crippen molar-refractivity contribution < 1.29 is 9.26 Å². The van der Waals surface area contributed by atoms with Gasteiger partial charge >= 0.3 is 0 Å². The Morgan fingerprint density at radius 1 is 1.47 bits per heavy atom. The molecule has 0 aliphatic carbocycles. The zero-order valence-electron chi connectivity index (χ0n) is 11.7. The smallest absolute Gasteiger partial charge is 0.246 e. The third-order valence-corrected chi connectivity index (χ3v) is 3.13. The van der Waals surface area contributed by atoms with Gasteiger partial charge in [0.25, 0.3) is 0 Å². The average molecular weight is 267 g/mol. The molecule has 1 unspecified atom stereocenters. The van der Waals surface area contributed by atoms with Crippen molar-refractivity contribution in [3.05, 3.63) is 11.7 Å². The number of guanidine groups is 1. The number of nitrogens with zero attached hydrogens (tertiary/aromatic N) is 3. The third-order valence-electron chi connectivity index (χ3n) is 3.13. The standard InChI is InChI=1S/C12H21N5O2/c1-9-16-10(19-17-9)7-14-11(13-3)15-8-12(2)5-4-6-18-12/h4-8H2,1-3H3,(H2,13,14,15). The van der Waals surface area contributed by atoms with Gasteiger partial charge in [-0.25, -0.2) is 0 Å². The van der Waals surface area contributed by atoms with Gasteiger partial charge in [0.1, 0.15) is 0 Å². The minimum atomic E-state index is -0.0985. The molecule has 7 heteroatoms. The van der Waals surface area contributed by atoms with Crippen LogP contribution in [0, 0.1) is 6.92 Å². The first kappa shape index (κ1) is 13.8. The predicted octanol–water partition coefficient (Wildman–Crippen LogP) is 0.612. The highest BCUT2D eigenvalue weighted by Gasteiger charge is 2.29. The zero-order valence-corrected chi connectivity index (χ0v) is 11.7. The topological polar surface area (TPSA) is 84.6 Å². The van der Waals surface area contributed by atoms with Gasteiger partial charge in [-0.05, 0) is 26.7 Å². The lowest BCUT2D eigenvalue weighted by Crippen LogP contribution is -2.45. The van der Waals surface area contributed by atoms with E-state index in [0.29, 0.717) is 24.2 Å². The van der Waals surface area contributed by atoms with E-state index in [1.54, 1.807) is 14.0 Å². The van der Waals surface area contributed by atoms with Crippen molar-refractivity contribution in [3.8, 4) is 0 Å². The van der Waals surface area contributed by atoms with Crippen molar-refractivity contribution in [2.24, 2.45) is 4.99 Å². The quantitative estimate of drug-likeness (QED) is 0.614. The highest BCUT2D eigenvalue weighted by atomic mass is 16.5. The Morgan fingerprint density at radius 2 is 2.32 bits per heavy atom. The van der Waals surface area contributed by atoms with E-state index in [2.05, 4.69) is 32.7 Å². The molecule has 0 amide bonds. The monoisotopic (exact) mass is 267 g/mol. The Balaban J connectivity index is 1.77. The largest absolute Gasteiger partial charge is 0.373 e. The summed E-state index contributed by atoms with van der Waals surface area (Å²) in [5, 5.41) is 10.1. The van der Waals surface area contributed by atoms with Crippen molar-refractivity contribution in [2.45, 2.75) is 38.8 Å². The first-order valence-corrected chi connectivity index (χ1v) is 6.49. The van der Waals surface area contributed by atoms with Gasteiger partial charge in [-0.1, -0.05) is 5.16 Å². The Morgan fingerprint density at radius 3 is 2.89 bits per heavy atom.